The van der Waals surface area contributed by atoms with Crippen LogP contribution in [0.15, 0.2) is 60.9 Å². The zero-order chi connectivity index (χ0) is 19.9. The zero-order valence-electron chi connectivity index (χ0n) is 15.0. The summed E-state index contributed by atoms with van der Waals surface area (Å²) in [5.41, 5.74) is 1.37. The second-order valence-corrected chi connectivity index (χ2v) is 5.65. The number of carbonyl (C=O) groups excluding carboxylic acids is 2. The molecular formula is C20H17FN4O3. The van der Waals surface area contributed by atoms with E-state index in [4.69, 9.17) is 4.74 Å². The highest BCUT2D eigenvalue weighted by Crippen LogP contribution is 2.17. The Morgan fingerprint density at radius 3 is 2.32 bits per heavy atom. The van der Waals surface area contributed by atoms with Gasteiger partial charge < -0.3 is 15.4 Å². The fourth-order valence-corrected chi connectivity index (χ4v) is 2.30. The first-order valence-corrected chi connectivity index (χ1v) is 8.49. The number of nitrogens with one attached hydrogen (secondary N) is 2. The quantitative estimate of drug-likeness (QED) is 0.632. The topological polar surface area (TPSA) is 93.2 Å². The summed E-state index contributed by atoms with van der Waals surface area (Å²) in [6.45, 7) is 2.02. The van der Waals surface area contributed by atoms with E-state index in [2.05, 4.69) is 20.6 Å². The number of para-hydroxylation sites is 1. The SMILES string of the molecule is CCOC(=O)c1ccc(NC(=O)c2cnc(Nc3ccccc3F)nc2)cc1. The number of hydrogen-bond acceptors (Lipinski definition) is 6. The molecular weight excluding hydrogens is 363 g/mol. The Hall–Kier alpha value is -3.81. The monoisotopic (exact) mass is 380 g/mol. The molecule has 1 amide bonds. The first-order chi connectivity index (χ1) is 13.6. The minimum absolute atomic E-state index is 0.167. The number of benzene rings is 2. The summed E-state index contributed by atoms with van der Waals surface area (Å²) in [5, 5.41) is 5.43. The van der Waals surface area contributed by atoms with Crippen molar-refractivity contribution in [2.24, 2.45) is 0 Å². The summed E-state index contributed by atoms with van der Waals surface area (Å²) >= 11 is 0. The molecule has 2 aromatic carbocycles. The number of nitrogens with zero attached hydrogens (tertiary/aromatic N) is 2. The van der Waals surface area contributed by atoms with Gasteiger partial charge in [-0.2, -0.15) is 0 Å². The third kappa shape index (κ3) is 4.67. The van der Waals surface area contributed by atoms with Gasteiger partial charge in [-0.1, -0.05) is 12.1 Å². The number of anilines is 3. The third-order valence-corrected chi connectivity index (χ3v) is 3.69. The lowest BCUT2D eigenvalue weighted by molar-refractivity contribution is 0.0526. The van der Waals surface area contributed by atoms with E-state index in [0.29, 0.717) is 17.9 Å². The molecule has 0 aliphatic carbocycles. The summed E-state index contributed by atoms with van der Waals surface area (Å²) in [7, 11) is 0. The van der Waals surface area contributed by atoms with Gasteiger partial charge in [0.1, 0.15) is 5.82 Å². The van der Waals surface area contributed by atoms with Crippen molar-refractivity contribution in [1.82, 2.24) is 9.97 Å². The molecule has 2 N–H and O–H groups in total. The minimum atomic E-state index is -0.431. The molecule has 3 rings (SSSR count). The number of halogens is 1. The van der Waals surface area contributed by atoms with Crippen LogP contribution in [0.2, 0.25) is 0 Å². The molecule has 0 saturated heterocycles. The second-order valence-electron chi connectivity index (χ2n) is 5.65. The molecule has 7 nitrogen and oxygen atoms in total. The Kier molecular flexibility index (Phi) is 5.91. The van der Waals surface area contributed by atoms with Gasteiger partial charge in [-0.25, -0.2) is 19.2 Å². The van der Waals surface area contributed by atoms with Crippen molar-refractivity contribution in [3.63, 3.8) is 0 Å². The van der Waals surface area contributed by atoms with E-state index >= 15 is 0 Å². The van der Waals surface area contributed by atoms with E-state index in [-0.39, 0.29) is 17.2 Å². The smallest absolute Gasteiger partial charge is 0.338 e. The number of ether oxygens (including phenoxy) is 1. The molecule has 3 aromatic rings. The molecule has 0 bridgehead atoms. The molecule has 0 saturated carbocycles. The molecule has 142 valence electrons. The van der Waals surface area contributed by atoms with E-state index in [1.807, 2.05) is 0 Å². The van der Waals surface area contributed by atoms with E-state index in [0.717, 1.165) is 0 Å². The van der Waals surface area contributed by atoms with Crippen LogP contribution in [0.4, 0.5) is 21.7 Å². The van der Waals surface area contributed by atoms with Crippen LogP contribution in [-0.2, 0) is 4.74 Å². The maximum absolute atomic E-state index is 13.6. The van der Waals surface area contributed by atoms with E-state index in [1.54, 1.807) is 49.4 Å². The molecule has 0 radical (unpaired) electrons. The largest absolute Gasteiger partial charge is 0.462 e. The highest BCUT2D eigenvalue weighted by molar-refractivity contribution is 6.04. The molecule has 28 heavy (non-hydrogen) atoms. The van der Waals surface area contributed by atoms with E-state index < -0.39 is 17.7 Å². The first kappa shape index (κ1) is 19.0. The predicted molar refractivity (Wildman–Crippen MR) is 102 cm³/mol. The molecule has 0 aliphatic rings. The number of aromatic nitrogens is 2. The maximum atomic E-state index is 13.6. The van der Waals surface area contributed by atoms with Gasteiger partial charge in [0.25, 0.3) is 5.91 Å². The van der Waals surface area contributed by atoms with Crippen LogP contribution < -0.4 is 10.6 Å². The van der Waals surface area contributed by atoms with E-state index in [1.165, 1.54) is 18.5 Å². The molecule has 1 aromatic heterocycles. The summed E-state index contributed by atoms with van der Waals surface area (Å²) in [6.07, 6.45) is 2.66. The molecule has 0 atom stereocenters. The van der Waals surface area contributed by atoms with Crippen molar-refractivity contribution >= 4 is 29.2 Å². The highest BCUT2D eigenvalue weighted by atomic mass is 19.1. The Labute approximate surface area is 160 Å². The Bertz CT molecular complexity index is 976. The zero-order valence-corrected chi connectivity index (χ0v) is 15.0. The van der Waals surface area contributed by atoms with Crippen LogP contribution in [0.1, 0.15) is 27.6 Å². The van der Waals surface area contributed by atoms with Gasteiger partial charge in [-0.3, -0.25) is 4.79 Å². The molecule has 0 fully saturated rings. The van der Waals surface area contributed by atoms with Crippen LogP contribution in [0.5, 0.6) is 0 Å². The summed E-state index contributed by atoms with van der Waals surface area (Å²) in [4.78, 5) is 32.0. The number of rotatable bonds is 6. The Morgan fingerprint density at radius 1 is 1.00 bits per heavy atom. The van der Waals surface area contributed by atoms with Crippen LogP contribution in [-0.4, -0.2) is 28.5 Å². The highest BCUT2D eigenvalue weighted by Gasteiger charge is 2.10. The van der Waals surface area contributed by atoms with Gasteiger partial charge in [-0.15, -0.1) is 0 Å². The molecule has 0 unspecified atom stereocenters. The minimum Gasteiger partial charge on any atom is -0.462 e. The molecule has 8 heteroatoms. The normalized spacial score (nSPS) is 10.2. The number of carbonyl (C=O) groups is 2. The van der Waals surface area contributed by atoms with Crippen molar-refractivity contribution in [1.29, 1.82) is 0 Å². The van der Waals surface area contributed by atoms with Gasteiger partial charge in [0.05, 0.1) is 23.4 Å². The van der Waals surface area contributed by atoms with Crippen molar-refractivity contribution in [2.75, 3.05) is 17.2 Å². The molecule has 1 heterocycles. The van der Waals surface area contributed by atoms with Crippen molar-refractivity contribution in [2.45, 2.75) is 6.92 Å². The standard InChI is InChI=1S/C20H17FN4O3/c1-2-28-19(27)13-7-9-15(10-8-13)24-18(26)14-11-22-20(23-12-14)25-17-6-4-3-5-16(17)21/h3-12H,2H2,1H3,(H,24,26)(H,22,23,25). The number of esters is 1. The number of amides is 1. The average Bonchev–Trinajstić information content (AvgIpc) is 2.71. The Balaban J connectivity index is 1.63. The van der Waals surface area contributed by atoms with Crippen LogP contribution in [0.25, 0.3) is 0 Å². The molecule has 0 spiro atoms. The van der Waals surface area contributed by atoms with Crippen molar-refractivity contribution in [3.05, 3.63) is 77.9 Å². The van der Waals surface area contributed by atoms with Crippen molar-refractivity contribution < 1.29 is 18.7 Å². The second kappa shape index (κ2) is 8.72. The fraction of sp³-hybridized carbons (Fsp3) is 0.100. The average molecular weight is 380 g/mol. The predicted octanol–water partition coefficient (Wildman–Crippen LogP) is 3.79. The lowest BCUT2D eigenvalue weighted by Gasteiger charge is -2.08. The van der Waals surface area contributed by atoms with Gasteiger partial charge in [0.15, 0.2) is 0 Å². The summed E-state index contributed by atoms with van der Waals surface area (Å²) in [6, 6.07) is 12.4. The third-order valence-electron chi connectivity index (χ3n) is 3.69. The molecule has 0 aliphatic heterocycles. The van der Waals surface area contributed by atoms with Crippen LogP contribution in [0, 0.1) is 5.82 Å². The van der Waals surface area contributed by atoms with Gasteiger partial charge >= 0.3 is 5.97 Å². The van der Waals surface area contributed by atoms with Gasteiger partial charge in [-0.05, 0) is 43.3 Å². The fourth-order valence-electron chi connectivity index (χ4n) is 2.30. The van der Waals surface area contributed by atoms with Crippen LogP contribution >= 0.6 is 0 Å². The maximum Gasteiger partial charge on any atom is 0.338 e. The first-order valence-electron chi connectivity index (χ1n) is 8.49. The van der Waals surface area contributed by atoms with Gasteiger partial charge in [0.2, 0.25) is 5.95 Å². The lowest BCUT2D eigenvalue weighted by atomic mass is 10.2. The summed E-state index contributed by atoms with van der Waals surface area (Å²) in [5.74, 6) is -1.10. The van der Waals surface area contributed by atoms with E-state index in [9.17, 15) is 14.0 Å². The Morgan fingerprint density at radius 2 is 1.68 bits per heavy atom. The summed E-state index contributed by atoms with van der Waals surface area (Å²) < 4.78 is 18.5. The number of hydrogen-bond donors (Lipinski definition) is 2. The van der Waals surface area contributed by atoms with Gasteiger partial charge in [0, 0.05) is 18.1 Å². The van der Waals surface area contributed by atoms with Crippen LogP contribution in [0.3, 0.4) is 0 Å². The lowest BCUT2D eigenvalue weighted by Crippen LogP contribution is -2.13. The van der Waals surface area contributed by atoms with Crippen molar-refractivity contribution in [3.8, 4) is 0 Å².